The summed E-state index contributed by atoms with van der Waals surface area (Å²) in [6.07, 6.45) is 1.64. The Morgan fingerprint density at radius 3 is 2.72 bits per heavy atom. The van der Waals surface area contributed by atoms with E-state index in [4.69, 9.17) is 5.73 Å². The molecule has 0 aliphatic heterocycles. The number of aryl methyl sites for hydroxylation is 1. The second kappa shape index (κ2) is 4.96. The molecule has 0 fully saturated rings. The van der Waals surface area contributed by atoms with Crippen LogP contribution in [-0.4, -0.2) is 19.9 Å². The van der Waals surface area contributed by atoms with Gasteiger partial charge < -0.3 is 5.73 Å². The molecule has 0 spiro atoms. The molecule has 2 rings (SSSR count). The quantitative estimate of drug-likeness (QED) is 0.511. The van der Waals surface area contributed by atoms with Gasteiger partial charge in [-0.2, -0.15) is 0 Å². The van der Waals surface area contributed by atoms with Crippen LogP contribution in [0.4, 0.5) is 11.5 Å². The summed E-state index contributed by atoms with van der Waals surface area (Å²) >= 11 is 1.20. The lowest BCUT2D eigenvalue weighted by molar-refractivity contribution is -0.384. The summed E-state index contributed by atoms with van der Waals surface area (Å²) in [6.45, 7) is 1.85. The zero-order valence-electron chi connectivity index (χ0n) is 9.40. The van der Waals surface area contributed by atoms with E-state index in [0.29, 0.717) is 10.2 Å². The van der Waals surface area contributed by atoms with Crippen LogP contribution in [-0.2, 0) is 0 Å². The molecular weight excluding hydrogens is 254 g/mol. The molecule has 92 valence electrons. The molecule has 2 heterocycles. The lowest BCUT2D eigenvalue weighted by atomic mass is 10.4. The SMILES string of the molecule is Cc1ccnc(Sc2ccc([N+](=O)[O-])c(N)n2)n1. The lowest BCUT2D eigenvalue weighted by Gasteiger charge is -2.01. The highest BCUT2D eigenvalue weighted by molar-refractivity contribution is 7.99. The number of nitro groups is 1. The maximum atomic E-state index is 10.6. The third kappa shape index (κ3) is 2.72. The third-order valence-corrected chi connectivity index (χ3v) is 2.86. The minimum Gasteiger partial charge on any atom is -0.378 e. The van der Waals surface area contributed by atoms with Gasteiger partial charge in [0, 0.05) is 18.0 Å². The molecule has 2 aromatic rings. The van der Waals surface area contributed by atoms with Gasteiger partial charge in [-0.05, 0) is 30.8 Å². The minimum absolute atomic E-state index is 0.113. The average molecular weight is 263 g/mol. The summed E-state index contributed by atoms with van der Waals surface area (Å²) in [5.74, 6) is -0.113. The molecule has 0 unspecified atom stereocenters. The highest BCUT2D eigenvalue weighted by Gasteiger charge is 2.13. The van der Waals surface area contributed by atoms with Crippen molar-refractivity contribution in [2.45, 2.75) is 17.1 Å². The summed E-state index contributed by atoms with van der Waals surface area (Å²) in [4.78, 5) is 22.2. The number of hydrogen-bond acceptors (Lipinski definition) is 7. The van der Waals surface area contributed by atoms with Gasteiger partial charge in [-0.25, -0.2) is 15.0 Å². The van der Waals surface area contributed by atoms with Gasteiger partial charge in [-0.1, -0.05) is 0 Å². The van der Waals surface area contributed by atoms with Crippen molar-refractivity contribution in [3.63, 3.8) is 0 Å². The van der Waals surface area contributed by atoms with Crippen molar-refractivity contribution in [3.05, 3.63) is 40.2 Å². The number of nitrogen functional groups attached to an aromatic ring is 1. The zero-order chi connectivity index (χ0) is 13.1. The topological polar surface area (TPSA) is 108 Å². The molecule has 0 atom stereocenters. The highest BCUT2D eigenvalue weighted by atomic mass is 32.2. The second-order valence-electron chi connectivity index (χ2n) is 3.39. The van der Waals surface area contributed by atoms with E-state index in [1.807, 2.05) is 6.92 Å². The molecule has 0 radical (unpaired) electrons. The molecule has 0 aromatic carbocycles. The highest BCUT2D eigenvalue weighted by Crippen LogP contribution is 2.27. The van der Waals surface area contributed by atoms with E-state index in [2.05, 4.69) is 15.0 Å². The van der Waals surface area contributed by atoms with Crippen molar-refractivity contribution in [2.24, 2.45) is 0 Å². The Hall–Kier alpha value is -2.22. The molecule has 0 amide bonds. The van der Waals surface area contributed by atoms with E-state index >= 15 is 0 Å². The molecule has 2 aromatic heterocycles. The summed E-state index contributed by atoms with van der Waals surface area (Å²) in [6, 6.07) is 4.62. The molecule has 7 nitrogen and oxygen atoms in total. The van der Waals surface area contributed by atoms with Gasteiger partial charge in [-0.3, -0.25) is 10.1 Å². The van der Waals surface area contributed by atoms with Gasteiger partial charge in [0.2, 0.25) is 5.82 Å². The fraction of sp³-hybridized carbons (Fsp3) is 0.100. The molecular formula is C10H9N5O2S. The van der Waals surface area contributed by atoms with Crippen molar-refractivity contribution in [3.8, 4) is 0 Å². The molecule has 8 heteroatoms. The third-order valence-electron chi connectivity index (χ3n) is 2.04. The van der Waals surface area contributed by atoms with E-state index in [-0.39, 0.29) is 11.5 Å². The van der Waals surface area contributed by atoms with E-state index < -0.39 is 4.92 Å². The molecule has 18 heavy (non-hydrogen) atoms. The van der Waals surface area contributed by atoms with Gasteiger partial charge >= 0.3 is 5.69 Å². The lowest BCUT2D eigenvalue weighted by Crippen LogP contribution is -1.99. The predicted molar refractivity (Wildman–Crippen MR) is 66.2 cm³/mol. The normalized spacial score (nSPS) is 10.3. The Morgan fingerprint density at radius 1 is 1.33 bits per heavy atom. The van der Waals surface area contributed by atoms with Crippen LogP contribution in [0, 0.1) is 17.0 Å². The van der Waals surface area contributed by atoms with Crippen molar-refractivity contribution in [1.82, 2.24) is 15.0 Å². The van der Waals surface area contributed by atoms with Crippen LogP contribution in [0.25, 0.3) is 0 Å². The second-order valence-corrected chi connectivity index (χ2v) is 4.38. The van der Waals surface area contributed by atoms with Crippen LogP contribution in [0.1, 0.15) is 5.69 Å². The van der Waals surface area contributed by atoms with Gasteiger partial charge in [0.05, 0.1) is 4.92 Å². The molecule has 0 aliphatic rings. The smallest absolute Gasteiger partial charge is 0.311 e. The van der Waals surface area contributed by atoms with E-state index in [1.165, 1.54) is 23.9 Å². The number of pyridine rings is 1. The van der Waals surface area contributed by atoms with Gasteiger partial charge in [0.25, 0.3) is 0 Å². The standard InChI is InChI=1S/C10H9N5O2S/c1-6-4-5-12-10(13-6)18-8-3-2-7(15(16)17)9(11)14-8/h2-5H,1H3,(H2,11,14). The Balaban J connectivity index is 2.25. The molecule has 0 bridgehead atoms. The van der Waals surface area contributed by atoms with Crippen molar-refractivity contribution < 1.29 is 4.92 Å². The zero-order valence-corrected chi connectivity index (χ0v) is 10.2. The summed E-state index contributed by atoms with van der Waals surface area (Å²) in [7, 11) is 0. The molecule has 0 saturated carbocycles. The fourth-order valence-corrected chi connectivity index (χ4v) is 2.00. The van der Waals surface area contributed by atoms with Crippen molar-refractivity contribution >= 4 is 23.3 Å². The first-order valence-electron chi connectivity index (χ1n) is 4.94. The first-order chi connectivity index (χ1) is 8.56. The maximum absolute atomic E-state index is 10.6. The van der Waals surface area contributed by atoms with Gasteiger partial charge in [-0.15, -0.1) is 0 Å². The fourth-order valence-electron chi connectivity index (χ4n) is 1.23. The number of nitrogens with zero attached hydrogens (tertiary/aromatic N) is 4. The minimum atomic E-state index is -0.569. The number of hydrogen-bond donors (Lipinski definition) is 1. The van der Waals surface area contributed by atoms with E-state index in [0.717, 1.165) is 5.69 Å². The van der Waals surface area contributed by atoms with Crippen molar-refractivity contribution in [1.29, 1.82) is 0 Å². The summed E-state index contributed by atoms with van der Waals surface area (Å²) in [5.41, 5.74) is 6.13. The average Bonchev–Trinajstić information content (AvgIpc) is 2.28. The van der Waals surface area contributed by atoms with Crippen LogP contribution < -0.4 is 5.73 Å². The van der Waals surface area contributed by atoms with Crippen LogP contribution in [0.15, 0.2) is 34.6 Å². The number of aromatic nitrogens is 3. The van der Waals surface area contributed by atoms with E-state index in [1.54, 1.807) is 12.3 Å². The first kappa shape index (κ1) is 12.2. The van der Waals surface area contributed by atoms with Crippen LogP contribution >= 0.6 is 11.8 Å². The molecule has 2 N–H and O–H groups in total. The van der Waals surface area contributed by atoms with Gasteiger partial charge in [0.15, 0.2) is 5.16 Å². The summed E-state index contributed by atoms with van der Waals surface area (Å²) in [5, 5.41) is 11.6. The Bertz CT molecular complexity index is 605. The number of nitrogens with two attached hydrogens (primary N) is 1. The van der Waals surface area contributed by atoms with Crippen LogP contribution in [0.3, 0.4) is 0 Å². The van der Waals surface area contributed by atoms with E-state index in [9.17, 15) is 10.1 Å². The monoisotopic (exact) mass is 263 g/mol. The van der Waals surface area contributed by atoms with Crippen LogP contribution in [0.5, 0.6) is 0 Å². The first-order valence-corrected chi connectivity index (χ1v) is 5.76. The number of rotatable bonds is 3. The predicted octanol–water partition coefficient (Wildman–Crippen LogP) is 1.82. The molecule has 0 aliphatic carbocycles. The van der Waals surface area contributed by atoms with Crippen molar-refractivity contribution in [2.75, 3.05) is 5.73 Å². The number of anilines is 1. The molecule has 0 saturated heterocycles. The van der Waals surface area contributed by atoms with Gasteiger partial charge in [0.1, 0.15) is 5.03 Å². The largest absolute Gasteiger partial charge is 0.378 e. The van der Waals surface area contributed by atoms with Crippen LogP contribution in [0.2, 0.25) is 0 Å². The maximum Gasteiger partial charge on any atom is 0.311 e. The Morgan fingerprint density at radius 2 is 2.11 bits per heavy atom. The summed E-state index contributed by atoms with van der Waals surface area (Å²) < 4.78 is 0. The Labute approximate surface area is 107 Å². The Kier molecular flexibility index (Phi) is 3.38.